The number of hydrogen-bond donors (Lipinski definition) is 0. The van der Waals surface area contributed by atoms with E-state index in [4.69, 9.17) is 4.74 Å². The summed E-state index contributed by atoms with van der Waals surface area (Å²) in [4.78, 5) is 0. The van der Waals surface area contributed by atoms with E-state index in [1.165, 1.54) is 27.8 Å². The van der Waals surface area contributed by atoms with Crippen molar-refractivity contribution < 1.29 is 4.74 Å². The van der Waals surface area contributed by atoms with Crippen molar-refractivity contribution in [1.29, 1.82) is 0 Å². The molecule has 0 amide bonds. The lowest BCUT2D eigenvalue weighted by atomic mass is 9.65. The Kier molecular flexibility index (Phi) is 3.25. The van der Waals surface area contributed by atoms with Gasteiger partial charge < -0.3 is 4.74 Å². The van der Waals surface area contributed by atoms with Crippen molar-refractivity contribution in [3.63, 3.8) is 0 Å². The van der Waals surface area contributed by atoms with Crippen LogP contribution in [0.4, 0.5) is 0 Å². The van der Waals surface area contributed by atoms with Gasteiger partial charge in [-0.1, -0.05) is 69.3 Å². The summed E-state index contributed by atoms with van der Waals surface area (Å²) in [6.45, 7) is 6.98. The van der Waals surface area contributed by atoms with Gasteiger partial charge in [-0.3, -0.25) is 0 Å². The number of methoxy groups -OCH3 is 1. The van der Waals surface area contributed by atoms with Crippen molar-refractivity contribution in [3.8, 4) is 5.75 Å². The standard InChI is InChI=1S/C23H24O/c1-22(2)14-20(16-9-11-18(24-4)12-10-16)23(3)13-17-7-5-6-8-19(17)21(23)15-22/h5-12,14-15H,13H2,1-4H3. The number of benzene rings is 2. The molecule has 0 fully saturated rings. The topological polar surface area (TPSA) is 9.23 Å². The fourth-order valence-electron chi connectivity index (χ4n) is 4.31. The van der Waals surface area contributed by atoms with Gasteiger partial charge in [0.15, 0.2) is 0 Å². The minimum Gasteiger partial charge on any atom is -0.497 e. The van der Waals surface area contributed by atoms with Gasteiger partial charge in [0.1, 0.15) is 5.75 Å². The molecule has 0 aromatic heterocycles. The lowest BCUT2D eigenvalue weighted by Crippen LogP contribution is -2.25. The number of hydrogen-bond acceptors (Lipinski definition) is 1. The molecule has 4 rings (SSSR count). The number of ether oxygens (including phenoxy) is 1. The van der Waals surface area contributed by atoms with E-state index in [1.807, 2.05) is 0 Å². The number of rotatable bonds is 2. The Balaban J connectivity index is 1.88. The summed E-state index contributed by atoms with van der Waals surface area (Å²) in [5.74, 6) is 0.907. The highest BCUT2D eigenvalue weighted by molar-refractivity contribution is 5.93. The van der Waals surface area contributed by atoms with Gasteiger partial charge in [-0.2, -0.15) is 0 Å². The van der Waals surface area contributed by atoms with E-state index < -0.39 is 0 Å². The Bertz CT molecular complexity index is 852. The van der Waals surface area contributed by atoms with Crippen LogP contribution in [0.2, 0.25) is 0 Å². The molecule has 2 aliphatic rings. The second kappa shape index (κ2) is 5.11. The first-order valence-corrected chi connectivity index (χ1v) is 8.62. The molecule has 122 valence electrons. The van der Waals surface area contributed by atoms with Crippen LogP contribution in [0.5, 0.6) is 5.75 Å². The zero-order chi connectivity index (χ0) is 16.9. The van der Waals surface area contributed by atoms with E-state index in [9.17, 15) is 0 Å². The predicted octanol–water partition coefficient (Wildman–Crippen LogP) is 5.76. The quantitative estimate of drug-likeness (QED) is 0.684. The molecule has 2 aromatic carbocycles. The Hall–Kier alpha value is -2.28. The first-order valence-electron chi connectivity index (χ1n) is 8.62. The van der Waals surface area contributed by atoms with Crippen molar-refractivity contribution in [2.24, 2.45) is 10.8 Å². The van der Waals surface area contributed by atoms with Crippen LogP contribution in [-0.4, -0.2) is 7.11 Å². The molecular weight excluding hydrogens is 292 g/mol. The zero-order valence-corrected chi connectivity index (χ0v) is 14.9. The normalized spacial score (nSPS) is 23.8. The molecule has 0 heterocycles. The molecule has 2 aromatic rings. The lowest BCUT2D eigenvalue weighted by Gasteiger charge is -2.38. The van der Waals surface area contributed by atoms with Crippen molar-refractivity contribution >= 4 is 11.1 Å². The van der Waals surface area contributed by atoms with Crippen molar-refractivity contribution in [2.45, 2.75) is 27.2 Å². The van der Waals surface area contributed by atoms with Crippen LogP contribution in [0.25, 0.3) is 11.1 Å². The summed E-state index contributed by atoms with van der Waals surface area (Å²) in [5.41, 5.74) is 7.20. The summed E-state index contributed by atoms with van der Waals surface area (Å²) in [5, 5.41) is 0. The third-order valence-electron chi connectivity index (χ3n) is 5.47. The molecule has 0 saturated heterocycles. The van der Waals surface area contributed by atoms with E-state index in [0.717, 1.165) is 12.2 Å². The van der Waals surface area contributed by atoms with Crippen molar-refractivity contribution in [1.82, 2.24) is 0 Å². The molecule has 0 N–H and O–H groups in total. The average Bonchev–Trinajstić information content (AvgIpc) is 2.86. The van der Waals surface area contributed by atoms with Crippen molar-refractivity contribution in [2.75, 3.05) is 7.11 Å². The maximum atomic E-state index is 5.33. The second-order valence-corrected chi connectivity index (χ2v) is 7.83. The summed E-state index contributed by atoms with van der Waals surface area (Å²) in [6.07, 6.45) is 5.99. The summed E-state index contributed by atoms with van der Waals surface area (Å²) < 4.78 is 5.33. The van der Waals surface area contributed by atoms with Crippen LogP contribution in [0.15, 0.2) is 60.7 Å². The number of allylic oxidation sites excluding steroid dienone is 4. The molecule has 0 bridgehead atoms. The highest BCUT2D eigenvalue weighted by Gasteiger charge is 2.44. The first-order chi connectivity index (χ1) is 11.4. The first kappa shape index (κ1) is 15.3. The van der Waals surface area contributed by atoms with E-state index in [-0.39, 0.29) is 10.8 Å². The summed E-state index contributed by atoms with van der Waals surface area (Å²) >= 11 is 0. The van der Waals surface area contributed by atoms with Crippen LogP contribution in [0, 0.1) is 10.8 Å². The highest BCUT2D eigenvalue weighted by Crippen LogP contribution is 2.58. The van der Waals surface area contributed by atoms with Gasteiger partial charge in [-0.25, -0.2) is 0 Å². The molecule has 0 radical (unpaired) electrons. The van der Waals surface area contributed by atoms with Gasteiger partial charge in [0, 0.05) is 10.8 Å². The van der Waals surface area contributed by atoms with E-state index >= 15 is 0 Å². The van der Waals surface area contributed by atoms with Crippen molar-refractivity contribution in [3.05, 3.63) is 77.4 Å². The van der Waals surface area contributed by atoms with E-state index in [2.05, 4.69) is 81.5 Å². The minimum atomic E-state index is 0.0494. The molecule has 0 spiro atoms. The fraction of sp³-hybridized carbons (Fsp3) is 0.304. The van der Waals surface area contributed by atoms with Gasteiger partial charge in [-0.05, 0) is 46.4 Å². The van der Waals surface area contributed by atoms with Gasteiger partial charge >= 0.3 is 0 Å². The molecule has 0 saturated carbocycles. The van der Waals surface area contributed by atoms with Gasteiger partial charge in [0.05, 0.1) is 7.11 Å². The lowest BCUT2D eigenvalue weighted by molar-refractivity contribution is 0.414. The van der Waals surface area contributed by atoms with Crippen LogP contribution < -0.4 is 4.74 Å². The van der Waals surface area contributed by atoms with Crippen LogP contribution >= 0.6 is 0 Å². The minimum absolute atomic E-state index is 0.0494. The molecule has 1 nitrogen and oxygen atoms in total. The second-order valence-electron chi connectivity index (χ2n) is 7.83. The Morgan fingerprint density at radius 3 is 2.21 bits per heavy atom. The van der Waals surface area contributed by atoms with Gasteiger partial charge in [0.2, 0.25) is 0 Å². The van der Waals surface area contributed by atoms with Gasteiger partial charge in [0.25, 0.3) is 0 Å². The largest absolute Gasteiger partial charge is 0.497 e. The molecule has 1 unspecified atom stereocenters. The molecular formula is C23H24O. The van der Waals surface area contributed by atoms with E-state index in [1.54, 1.807) is 7.11 Å². The number of fused-ring (bicyclic) bond motifs is 3. The van der Waals surface area contributed by atoms with Crippen LogP contribution in [0.1, 0.15) is 37.5 Å². The Morgan fingerprint density at radius 1 is 0.833 bits per heavy atom. The zero-order valence-electron chi connectivity index (χ0n) is 14.9. The SMILES string of the molecule is COc1ccc(C2=CC(C)(C)C=C3c4ccccc4CC23C)cc1. The molecule has 1 heteroatoms. The summed E-state index contributed by atoms with van der Waals surface area (Å²) in [7, 11) is 1.72. The predicted molar refractivity (Wildman–Crippen MR) is 101 cm³/mol. The average molecular weight is 316 g/mol. The highest BCUT2D eigenvalue weighted by atomic mass is 16.5. The maximum absolute atomic E-state index is 5.33. The monoisotopic (exact) mass is 316 g/mol. The Morgan fingerprint density at radius 2 is 1.50 bits per heavy atom. The van der Waals surface area contributed by atoms with Gasteiger partial charge in [-0.15, -0.1) is 0 Å². The maximum Gasteiger partial charge on any atom is 0.118 e. The molecule has 0 aliphatic heterocycles. The van der Waals surface area contributed by atoms with Crippen LogP contribution in [-0.2, 0) is 6.42 Å². The Labute approximate surface area is 144 Å². The fourth-order valence-corrected chi connectivity index (χ4v) is 4.31. The molecule has 24 heavy (non-hydrogen) atoms. The van der Waals surface area contributed by atoms with Crippen LogP contribution in [0.3, 0.4) is 0 Å². The summed E-state index contributed by atoms with van der Waals surface area (Å²) in [6, 6.07) is 17.4. The molecule has 1 atom stereocenters. The third kappa shape index (κ3) is 2.23. The van der Waals surface area contributed by atoms with E-state index in [0.29, 0.717) is 0 Å². The molecule has 2 aliphatic carbocycles. The third-order valence-corrected chi connectivity index (χ3v) is 5.47. The smallest absolute Gasteiger partial charge is 0.118 e.